The highest BCUT2D eigenvalue weighted by Gasteiger charge is 2.33. The Morgan fingerprint density at radius 2 is 2.26 bits per heavy atom. The molecule has 1 aromatic heterocycles. The number of amides is 1. The Labute approximate surface area is 157 Å². The number of carbonyl (C=O) groups is 1. The van der Waals surface area contributed by atoms with Gasteiger partial charge in [0.05, 0.1) is 12.7 Å². The number of aryl methyl sites for hydroxylation is 1. The normalized spacial score (nSPS) is 23.9. The van der Waals surface area contributed by atoms with E-state index in [9.17, 15) is 9.18 Å². The van der Waals surface area contributed by atoms with E-state index in [4.69, 9.17) is 4.74 Å². The summed E-state index contributed by atoms with van der Waals surface area (Å²) in [6.45, 7) is 3.94. The summed E-state index contributed by atoms with van der Waals surface area (Å²) in [5.41, 5.74) is 2.76. The summed E-state index contributed by atoms with van der Waals surface area (Å²) < 4.78 is 19.3. The third-order valence-corrected chi connectivity index (χ3v) is 5.31. The van der Waals surface area contributed by atoms with Crippen molar-refractivity contribution in [2.24, 2.45) is 4.99 Å². The molecule has 27 heavy (non-hydrogen) atoms. The molecule has 2 N–H and O–H groups in total. The third-order valence-electron chi connectivity index (χ3n) is 5.31. The number of aliphatic imine (C=N–C) groups is 1. The Kier molecular flexibility index (Phi) is 5.07. The summed E-state index contributed by atoms with van der Waals surface area (Å²) in [5.74, 6) is 0.397. The number of ether oxygens (including phenoxy) is 1. The first-order chi connectivity index (χ1) is 13.1. The van der Waals surface area contributed by atoms with Gasteiger partial charge < -0.3 is 15.4 Å². The fourth-order valence-electron chi connectivity index (χ4n) is 3.89. The van der Waals surface area contributed by atoms with Gasteiger partial charge in [-0.15, -0.1) is 0 Å². The molecule has 0 aromatic carbocycles. The van der Waals surface area contributed by atoms with Gasteiger partial charge >= 0.3 is 6.09 Å². The summed E-state index contributed by atoms with van der Waals surface area (Å²) in [4.78, 5) is 21.9. The first kappa shape index (κ1) is 17.9. The maximum absolute atomic E-state index is 13.9. The van der Waals surface area contributed by atoms with Gasteiger partial charge in [0.25, 0.3) is 0 Å². The standard InChI is InChI=1S/C19H24FN5O2/c1-12-15-7-13(8-16(15)17(20)9-24-12)22-4-2-3-14-11-25(19(26)27-14)18-10-21-5-6-23-18/h6,9-10,13-14,21-22H,2-5,7-8,11H2,1H3. The fraction of sp³-hybridized carbons (Fsp3) is 0.526. The van der Waals surface area contributed by atoms with Gasteiger partial charge in [-0.3, -0.25) is 9.88 Å². The lowest BCUT2D eigenvalue weighted by atomic mass is 10.1. The van der Waals surface area contributed by atoms with E-state index >= 15 is 0 Å². The number of hydrogen-bond acceptors (Lipinski definition) is 6. The molecule has 3 heterocycles. The molecule has 1 aliphatic carbocycles. The summed E-state index contributed by atoms with van der Waals surface area (Å²) in [6, 6.07) is 0.243. The zero-order chi connectivity index (χ0) is 18.8. The van der Waals surface area contributed by atoms with Gasteiger partial charge in [0.15, 0.2) is 5.82 Å². The van der Waals surface area contributed by atoms with Crippen LogP contribution in [0.3, 0.4) is 0 Å². The van der Waals surface area contributed by atoms with Crippen molar-refractivity contribution in [1.29, 1.82) is 0 Å². The molecule has 0 bridgehead atoms. The number of halogens is 1. The molecule has 1 saturated heterocycles. The van der Waals surface area contributed by atoms with Crippen LogP contribution in [-0.4, -0.2) is 54.0 Å². The largest absolute Gasteiger partial charge is 0.444 e. The molecule has 1 fully saturated rings. The van der Waals surface area contributed by atoms with E-state index in [1.54, 1.807) is 17.3 Å². The molecular formula is C19H24FN5O2. The number of carbonyl (C=O) groups excluding carboxylic acids is 1. The third kappa shape index (κ3) is 3.80. The molecule has 0 radical (unpaired) electrons. The van der Waals surface area contributed by atoms with Crippen LogP contribution >= 0.6 is 0 Å². The van der Waals surface area contributed by atoms with Crippen molar-refractivity contribution < 1.29 is 13.9 Å². The Bertz CT molecular complexity index is 764. The number of nitrogens with one attached hydrogen (secondary N) is 2. The predicted octanol–water partition coefficient (Wildman–Crippen LogP) is 1.66. The first-order valence-electron chi connectivity index (χ1n) is 9.42. The molecular weight excluding hydrogens is 349 g/mol. The first-order valence-corrected chi connectivity index (χ1v) is 9.42. The van der Waals surface area contributed by atoms with Crippen LogP contribution in [0, 0.1) is 12.7 Å². The van der Waals surface area contributed by atoms with Crippen molar-refractivity contribution in [3.8, 4) is 0 Å². The minimum Gasteiger partial charge on any atom is -0.444 e. The van der Waals surface area contributed by atoms with Crippen LogP contribution in [0.25, 0.3) is 0 Å². The summed E-state index contributed by atoms with van der Waals surface area (Å²) in [5, 5.41) is 6.54. The predicted molar refractivity (Wildman–Crippen MR) is 98.9 cm³/mol. The van der Waals surface area contributed by atoms with E-state index in [1.807, 2.05) is 6.92 Å². The van der Waals surface area contributed by atoms with Gasteiger partial charge in [-0.2, -0.15) is 0 Å². The van der Waals surface area contributed by atoms with Crippen molar-refractivity contribution in [2.45, 2.75) is 44.8 Å². The quantitative estimate of drug-likeness (QED) is 0.742. The van der Waals surface area contributed by atoms with Crippen LogP contribution in [-0.2, 0) is 17.6 Å². The van der Waals surface area contributed by atoms with Crippen molar-refractivity contribution in [2.75, 3.05) is 19.6 Å². The van der Waals surface area contributed by atoms with Gasteiger partial charge in [-0.25, -0.2) is 14.2 Å². The van der Waals surface area contributed by atoms with E-state index in [2.05, 4.69) is 20.6 Å². The van der Waals surface area contributed by atoms with Gasteiger partial charge in [-0.1, -0.05) is 0 Å². The molecule has 2 aliphatic heterocycles. The maximum atomic E-state index is 13.9. The number of pyridine rings is 1. The highest BCUT2D eigenvalue weighted by atomic mass is 19.1. The summed E-state index contributed by atoms with van der Waals surface area (Å²) in [7, 11) is 0. The van der Waals surface area contributed by atoms with Crippen molar-refractivity contribution in [1.82, 2.24) is 20.5 Å². The second kappa shape index (κ2) is 7.64. The summed E-state index contributed by atoms with van der Waals surface area (Å²) in [6.07, 6.45) is 7.52. The maximum Gasteiger partial charge on any atom is 0.415 e. The topological polar surface area (TPSA) is 78.9 Å². The van der Waals surface area contributed by atoms with Crippen LogP contribution in [0.4, 0.5) is 9.18 Å². The molecule has 2 atom stereocenters. The van der Waals surface area contributed by atoms with E-state index in [0.29, 0.717) is 25.3 Å². The number of fused-ring (bicyclic) bond motifs is 1. The second-order valence-corrected chi connectivity index (χ2v) is 7.19. The van der Waals surface area contributed by atoms with Crippen molar-refractivity contribution in [3.05, 3.63) is 40.9 Å². The van der Waals surface area contributed by atoms with Gasteiger partial charge in [0, 0.05) is 30.7 Å². The van der Waals surface area contributed by atoms with Gasteiger partial charge in [0.2, 0.25) is 0 Å². The Balaban J connectivity index is 1.21. The number of cyclic esters (lactones) is 1. The molecule has 0 spiro atoms. The Hall–Kier alpha value is -2.48. The number of nitrogens with zero attached hydrogens (tertiary/aromatic N) is 3. The average Bonchev–Trinajstić information content (AvgIpc) is 3.27. The smallest absolute Gasteiger partial charge is 0.415 e. The minimum absolute atomic E-state index is 0.123. The molecule has 3 aliphatic rings. The van der Waals surface area contributed by atoms with E-state index in [1.165, 1.54) is 6.20 Å². The molecule has 0 saturated carbocycles. The van der Waals surface area contributed by atoms with Crippen LogP contribution in [0.5, 0.6) is 0 Å². The molecule has 1 aromatic rings. The second-order valence-electron chi connectivity index (χ2n) is 7.19. The Morgan fingerprint density at radius 3 is 3.04 bits per heavy atom. The molecule has 8 heteroatoms. The lowest BCUT2D eigenvalue weighted by Gasteiger charge is -2.16. The highest BCUT2D eigenvalue weighted by Crippen LogP contribution is 2.26. The monoisotopic (exact) mass is 373 g/mol. The van der Waals surface area contributed by atoms with Crippen LogP contribution in [0.2, 0.25) is 0 Å². The van der Waals surface area contributed by atoms with Gasteiger partial charge in [0.1, 0.15) is 11.9 Å². The average molecular weight is 373 g/mol. The van der Waals surface area contributed by atoms with Crippen LogP contribution < -0.4 is 10.6 Å². The summed E-state index contributed by atoms with van der Waals surface area (Å²) >= 11 is 0. The van der Waals surface area contributed by atoms with E-state index < -0.39 is 0 Å². The van der Waals surface area contributed by atoms with E-state index in [-0.39, 0.29) is 24.1 Å². The molecule has 144 valence electrons. The number of rotatable bonds is 6. The van der Waals surface area contributed by atoms with Crippen molar-refractivity contribution in [3.63, 3.8) is 0 Å². The fourth-order valence-corrected chi connectivity index (χ4v) is 3.89. The number of aromatic nitrogens is 1. The lowest BCUT2D eigenvalue weighted by molar-refractivity contribution is 0.129. The number of hydrogen-bond donors (Lipinski definition) is 2. The highest BCUT2D eigenvalue weighted by molar-refractivity contribution is 5.73. The van der Waals surface area contributed by atoms with Crippen LogP contribution in [0.15, 0.2) is 23.2 Å². The van der Waals surface area contributed by atoms with E-state index in [0.717, 1.165) is 42.6 Å². The zero-order valence-electron chi connectivity index (χ0n) is 15.4. The molecule has 4 rings (SSSR count). The minimum atomic E-state index is -0.343. The van der Waals surface area contributed by atoms with Crippen LogP contribution in [0.1, 0.15) is 29.7 Å². The Morgan fingerprint density at radius 1 is 1.41 bits per heavy atom. The molecule has 2 unspecified atom stereocenters. The lowest BCUT2D eigenvalue weighted by Crippen LogP contribution is -2.31. The zero-order valence-corrected chi connectivity index (χ0v) is 15.4. The van der Waals surface area contributed by atoms with Gasteiger partial charge in [-0.05, 0) is 50.3 Å². The molecule has 7 nitrogen and oxygen atoms in total. The molecule has 1 amide bonds. The van der Waals surface area contributed by atoms with Crippen molar-refractivity contribution >= 4 is 12.3 Å². The SMILES string of the molecule is Cc1ncc(F)c2c1CC(NCCCC1CN(C3=CNCC=N3)C(=O)O1)C2.